The smallest absolute Gasteiger partial charge is 0.225 e. The van der Waals surface area contributed by atoms with Crippen LogP contribution in [0.25, 0.3) is 16.6 Å². The first-order valence-electron chi connectivity index (χ1n) is 8.66. The third-order valence-electron chi connectivity index (χ3n) is 4.38. The van der Waals surface area contributed by atoms with Gasteiger partial charge in [0, 0.05) is 12.6 Å². The number of nitrogens with one attached hydrogen (secondary N) is 1. The van der Waals surface area contributed by atoms with E-state index in [4.69, 9.17) is 0 Å². The Morgan fingerprint density at radius 3 is 2.54 bits per heavy atom. The number of anilines is 1. The number of hydrogen-bond donors (Lipinski definition) is 1. The van der Waals surface area contributed by atoms with E-state index in [1.807, 2.05) is 60.8 Å². The van der Waals surface area contributed by atoms with E-state index in [1.54, 1.807) is 6.20 Å². The zero-order chi connectivity index (χ0) is 17.8. The topological polar surface area (TPSA) is 46.9 Å². The summed E-state index contributed by atoms with van der Waals surface area (Å²) in [5, 5.41) is 4.05. The van der Waals surface area contributed by atoms with E-state index in [-0.39, 0.29) is 5.91 Å². The summed E-state index contributed by atoms with van der Waals surface area (Å²) in [7, 11) is 0. The Morgan fingerprint density at radius 1 is 0.923 bits per heavy atom. The summed E-state index contributed by atoms with van der Waals surface area (Å²) in [6.45, 7) is 0. The molecule has 4 aromatic rings. The molecule has 0 saturated carbocycles. The lowest BCUT2D eigenvalue weighted by atomic mass is 10.1. The van der Waals surface area contributed by atoms with Gasteiger partial charge >= 0.3 is 0 Å². The average Bonchev–Trinajstić information content (AvgIpc) is 3.12. The lowest BCUT2D eigenvalue weighted by Crippen LogP contribution is -2.13. The van der Waals surface area contributed by atoms with Gasteiger partial charge in [-0.25, -0.2) is 4.98 Å². The van der Waals surface area contributed by atoms with Crippen LogP contribution in [0.5, 0.6) is 0 Å². The van der Waals surface area contributed by atoms with Gasteiger partial charge in [-0.2, -0.15) is 0 Å². The molecule has 0 fully saturated rings. The number of pyridine rings is 1. The van der Waals surface area contributed by atoms with Crippen LogP contribution in [0.3, 0.4) is 0 Å². The summed E-state index contributed by atoms with van der Waals surface area (Å²) in [5.41, 5.74) is 3.26. The summed E-state index contributed by atoms with van der Waals surface area (Å²) in [5.74, 6) is 0.545. The molecule has 0 unspecified atom stereocenters. The molecule has 4 heteroatoms. The number of benzene rings is 2. The van der Waals surface area contributed by atoms with E-state index >= 15 is 0 Å². The number of rotatable bonds is 5. The number of carbonyl (C=O) groups is 1. The molecule has 0 aliphatic carbocycles. The first-order chi connectivity index (χ1) is 12.8. The Kier molecular flexibility index (Phi) is 4.48. The predicted octanol–water partition coefficient (Wildman–Crippen LogP) is 4.60. The van der Waals surface area contributed by atoms with Crippen molar-refractivity contribution in [2.45, 2.75) is 12.8 Å². The van der Waals surface area contributed by atoms with Gasteiger partial charge in [0.15, 0.2) is 0 Å². The largest absolute Gasteiger partial charge is 0.315 e. The Balaban J connectivity index is 1.42. The van der Waals surface area contributed by atoms with Gasteiger partial charge in [-0.3, -0.25) is 4.79 Å². The quantitative estimate of drug-likeness (QED) is 0.577. The van der Waals surface area contributed by atoms with Crippen LogP contribution in [0.1, 0.15) is 12.0 Å². The first-order valence-corrected chi connectivity index (χ1v) is 8.66. The molecular formula is C22H19N3O. The van der Waals surface area contributed by atoms with Crippen LogP contribution in [0.4, 0.5) is 5.82 Å². The number of aryl methyl sites for hydroxylation is 1. The molecule has 26 heavy (non-hydrogen) atoms. The highest BCUT2D eigenvalue weighted by Crippen LogP contribution is 2.20. The third-order valence-corrected chi connectivity index (χ3v) is 4.38. The highest BCUT2D eigenvalue weighted by atomic mass is 16.1. The number of hydrogen-bond acceptors (Lipinski definition) is 2. The van der Waals surface area contributed by atoms with E-state index < -0.39 is 0 Å². The standard InChI is InChI=1S/C22H19N3O/c26-22(13-10-17-6-2-1-3-7-17)24-21-12-11-19(16-23-21)25-15-14-18-8-4-5-9-20(18)25/h1-9,11-12,14-16H,10,13H2,(H,23,24,26). The van der Waals surface area contributed by atoms with Gasteiger partial charge < -0.3 is 9.88 Å². The van der Waals surface area contributed by atoms with E-state index in [1.165, 1.54) is 5.39 Å². The summed E-state index contributed by atoms with van der Waals surface area (Å²) in [4.78, 5) is 16.5. The van der Waals surface area contributed by atoms with Gasteiger partial charge in [0.1, 0.15) is 5.82 Å². The Morgan fingerprint density at radius 2 is 1.73 bits per heavy atom. The van der Waals surface area contributed by atoms with Gasteiger partial charge in [-0.1, -0.05) is 48.5 Å². The maximum absolute atomic E-state index is 12.1. The van der Waals surface area contributed by atoms with Gasteiger partial charge in [0.2, 0.25) is 5.91 Å². The van der Waals surface area contributed by atoms with Gasteiger partial charge in [0.25, 0.3) is 0 Å². The monoisotopic (exact) mass is 341 g/mol. The summed E-state index contributed by atoms with van der Waals surface area (Å²) in [6, 6.07) is 24.1. The van der Waals surface area contributed by atoms with E-state index in [0.29, 0.717) is 12.2 Å². The van der Waals surface area contributed by atoms with Crippen molar-refractivity contribution in [3.63, 3.8) is 0 Å². The van der Waals surface area contributed by atoms with Crippen LogP contribution in [-0.4, -0.2) is 15.5 Å². The molecule has 0 saturated heterocycles. The second-order valence-electron chi connectivity index (χ2n) is 6.18. The lowest BCUT2D eigenvalue weighted by Gasteiger charge is -2.08. The molecule has 0 aliphatic heterocycles. The fraction of sp³-hybridized carbons (Fsp3) is 0.0909. The second-order valence-corrected chi connectivity index (χ2v) is 6.18. The third kappa shape index (κ3) is 3.49. The van der Waals surface area contributed by atoms with E-state index in [0.717, 1.165) is 23.2 Å². The molecule has 2 aromatic carbocycles. The van der Waals surface area contributed by atoms with E-state index in [9.17, 15) is 4.79 Å². The normalized spacial score (nSPS) is 10.8. The fourth-order valence-corrected chi connectivity index (χ4v) is 3.02. The summed E-state index contributed by atoms with van der Waals surface area (Å²) < 4.78 is 2.09. The molecule has 0 radical (unpaired) electrons. The Bertz CT molecular complexity index is 1020. The highest BCUT2D eigenvalue weighted by Gasteiger charge is 2.06. The number of carbonyl (C=O) groups excluding carboxylic acids is 1. The van der Waals surface area contributed by atoms with Crippen molar-refractivity contribution in [1.29, 1.82) is 0 Å². The Hall–Kier alpha value is -3.40. The SMILES string of the molecule is O=C(CCc1ccccc1)Nc1ccc(-n2ccc3ccccc32)cn1. The van der Waals surface area contributed by atoms with Crippen molar-refractivity contribution in [2.24, 2.45) is 0 Å². The van der Waals surface area contributed by atoms with Crippen LogP contribution in [0, 0.1) is 0 Å². The fourth-order valence-electron chi connectivity index (χ4n) is 3.02. The minimum atomic E-state index is -0.0273. The van der Waals surface area contributed by atoms with Gasteiger partial charge in [0.05, 0.1) is 17.4 Å². The van der Waals surface area contributed by atoms with Gasteiger partial charge in [-0.15, -0.1) is 0 Å². The molecule has 4 rings (SSSR count). The van der Waals surface area contributed by atoms with Gasteiger partial charge in [-0.05, 0) is 41.6 Å². The molecule has 0 bridgehead atoms. The summed E-state index contributed by atoms with van der Waals surface area (Å²) in [6.07, 6.45) is 4.97. The second kappa shape index (κ2) is 7.23. The zero-order valence-electron chi connectivity index (χ0n) is 14.3. The van der Waals surface area contributed by atoms with Crippen molar-refractivity contribution in [3.8, 4) is 5.69 Å². The minimum Gasteiger partial charge on any atom is -0.315 e. The first kappa shape index (κ1) is 16.1. The minimum absolute atomic E-state index is 0.0273. The molecule has 0 aliphatic rings. The maximum atomic E-state index is 12.1. The zero-order valence-corrected chi connectivity index (χ0v) is 14.3. The van der Waals surface area contributed by atoms with Crippen molar-refractivity contribution >= 4 is 22.6 Å². The molecular weight excluding hydrogens is 322 g/mol. The molecule has 2 aromatic heterocycles. The highest BCUT2D eigenvalue weighted by molar-refractivity contribution is 5.90. The molecule has 128 valence electrons. The Labute approximate surface area is 152 Å². The number of amides is 1. The van der Waals surface area contributed by atoms with Crippen LogP contribution >= 0.6 is 0 Å². The van der Waals surface area contributed by atoms with Crippen LogP contribution < -0.4 is 5.32 Å². The average molecular weight is 341 g/mol. The van der Waals surface area contributed by atoms with Crippen molar-refractivity contribution in [1.82, 2.24) is 9.55 Å². The molecule has 2 heterocycles. The van der Waals surface area contributed by atoms with Crippen LogP contribution in [0.2, 0.25) is 0 Å². The molecule has 0 atom stereocenters. The summed E-state index contributed by atoms with van der Waals surface area (Å²) >= 11 is 0. The van der Waals surface area contributed by atoms with Crippen LogP contribution in [0.15, 0.2) is 85.2 Å². The van der Waals surface area contributed by atoms with Crippen molar-refractivity contribution in [2.75, 3.05) is 5.32 Å². The number of aromatic nitrogens is 2. The molecule has 0 spiro atoms. The molecule has 4 nitrogen and oxygen atoms in total. The predicted molar refractivity (Wildman–Crippen MR) is 104 cm³/mol. The molecule has 1 N–H and O–H groups in total. The number of fused-ring (bicyclic) bond motifs is 1. The van der Waals surface area contributed by atoms with E-state index in [2.05, 4.69) is 33.1 Å². The maximum Gasteiger partial charge on any atom is 0.225 e. The number of para-hydroxylation sites is 1. The lowest BCUT2D eigenvalue weighted by molar-refractivity contribution is -0.116. The van der Waals surface area contributed by atoms with Crippen molar-refractivity contribution < 1.29 is 4.79 Å². The molecule has 1 amide bonds. The van der Waals surface area contributed by atoms with Crippen molar-refractivity contribution in [3.05, 3.63) is 90.8 Å². The number of nitrogens with zero attached hydrogens (tertiary/aromatic N) is 2. The van der Waals surface area contributed by atoms with Crippen LogP contribution in [-0.2, 0) is 11.2 Å².